The molecule has 25 heavy (non-hydrogen) atoms. The topological polar surface area (TPSA) is 54.3 Å². The lowest BCUT2D eigenvalue weighted by molar-refractivity contribution is -0.131. The lowest BCUT2D eigenvalue weighted by atomic mass is 9.98. The van der Waals surface area contributed by atoms with Crippen LogP contribution in [0.25, 0.3) is 0 Å². The Bertz CT molecular complexity index is 607. The molecular weight excluding hydrogens is 314 g/mol. The van der Waals surface area contributed by atoms with Crippen LogP contribution in [0.15, 0.2) is 24.4 Å². The van der Waals surface area contributed by atoms with Gasteiger partial charge >= 0.3 is 0 Å². The van der Waals surface area contributed by atoms with Gasteiger partial charge in [0.05, 0.1) is 6.54 Å². The minimum absolute atomic E-state index is 0.317. The van der Waals surface area contributed by atoms with Gasteiger partial charge in [0.25, 0.3) is 0 Å². The van der Waals surface area contributed by atoms with Crippen LogP contribution in [0, 0.1) is 5.92 Å². The summed E-state index contributed by atoms with van der Waals surface area (Å²) in [6.07, 6.45) is 15.1. The molecule has 1 unspecified atom stereocenters. The van der Waals surface area contributed by atoms with E-state index in [9.17, 15) is 4.79 Å². The van der Waals surface area contributed by atoms with Crippen molar-refractivity contribution in [3.05, 3.63) is 24.4 Å². The molecule has 0 spiro atoms. The molecule has 2 aliphatic carbocycles. The van der Waals surface area contributed by atoms with Crippen molar-refractivity contribution in [3.8, 4) is 0 Å². The zero-order valence-corrected chi connectivity index (χ0v) is 15.0. The minimum Gasteiger partial charge on any atom is -0.312 e. The van der Waals surface area contributed by atoms with Gasteiger partial charge in [-0.1, -0.05) is 6.08 Å². The van der Waals surface area contributed by atoms with E-state index in [2.05, 4.69) is 26.0 Å². The summed E-state index contributed by atoms with van der Waals surface area (Å²) >= 11 is 0. The lowest BCUT2D eigenvalue weighted by Crippen LogP contribution is -2.45. The highest BCUT2D eigenvalue weighted by atomic mass is 16.2. The second-order valence-corrected chi connectivity index (χ2v) is 7.80. The molecule has 0 radical (unpaired) electrons. The Morgan fingerprint density at radius 2 is 2.16 bits per heavy atom. The third-order valence-electron chi connectivity index (χ3n) is 5.63. The van der Waals surface area contributed by atoms with Crippen molar-refractivity contribution in [2.75, 3.05) is 19.6 Å². The first kappa shape index (κ1) is 16.8. The maximum absolute atomic E-state index is 13.0. The second kappa shape index (κ2) is 7.68. The van der Waals surface area contributed by atoms with Gasteiger partial charge in [-0.15, -0.1) is 0 Å². The molecule has 4 rings (SSSR count). The summed E-state index contributed by atoms with van der Waals surface area (Å²) in [5.74, 6) is 0.878. The molecule has 0 bridgehead atoms. The minimum atomic E-state index is 0.317. The van der Waals surface area contributed by atoms with Crippen LogP contribution < -0.4 is 0 Å². The molecule has 6 nitrogen and oxygen atoms in total. The van der Waals surface area contributed by atoms with E-state index in [0.29, 0.717) is 24.4 Å². The van der Waals surface area contributed by atoms with E-state index in [1.165, 1.54) is 44.2 Å². The first-order chi connectivity index (χ1) is 12.3. The van der Waals surface area contributed by atoms with Crippen molar-refractivity contribution in [3.63, 3.8) is 0 Å². The van der Waals surface area contributed by atoms with E-state index in [1.807, 2.05) is 4.68 Å². The summed E-state index contributed by atoms with van der Waals surface area (Å²) in [6.45, 7) is 3.50. The number of likely N-dealkylation sites (tertiary alicyclic amines) is 1. The molecule has 0 N–H and O–H groups in total. The lowest BCUT2D eigenvalue weighted by Gasteiger charge is -2.35. The summed E-state index contributed by atoms with van der Waals surface area (Å²) in [7, 11) is 0. The van der Waals surface area contributed by atoms with Gasteiger partial charge < -0.3 is 4.90 Å². The van der Waals surface area contributed by atoms with Crippen LogP contribution >= 0.6 is 0 Å². The van der Waals surface area contributed by atoms with Crippen LogP contribution in [-0.2, 0) is 11.3 Å². The number of aromatic nitrogens is 3. The Balaban J connectivity index is 1.35. The van der Waals surface area contributed by atoms with E-state index in [0.717, 1.165) is 32.5 Å². The van der Waals surface area contributed by atoms with Crippen LogP contribution in [0.2, 0.25) is 0 Å². The number of hydrogen-bond acceptors (Lipinski definition) is 4. The fourth-order valence-corrected chi connectivity index (χ4v) is 4.27. The van der Waals surface area contributed by atoms with Crippen LogP contribution in [-0.4, -0.2) is 56.1 Å². The fraction of sp³-hybridized carbons (Fsp3) is 0.737. The smallest absolute Gasteiger partial charge is 0.241 e. The Labute approximate surface area is 149 Å². The van der Waals surface area contributed by atoms with Crippen LogP contribution in [0.4, 0.5) is 0 Å². The van der Waals surface area contributed by atoms with Gasteiger partial charge in [0.15, 0.2) is 0 Å². The Hall–Kier alpha value is -1.69. The summed E-state index contributed by atoms with van der Waals surface area (Å²) < 4.78 is 1.92. The summed E-state index contributed by atoms with van der Waals surface area (Å²) in [6, 6.07) is 0.479. The van der Waals surface area contributed by atoms with Crippen molar-refractivity contribution in [1.82, 2.24) is 24.6 Å². The predicted octanol–water partition coefficient (Wildman–Crippen LogP) is 2.44. The maximum Gasteiger partial charge on any atom is 0.241 e. The van der Waals surface area contributed by atoms with E-state index < -0.39 is 0 Å². The van der Waals surface area contributed by atoms with Crippen molar-refractivity contribution in [2.24, 2.45) is 5.92 Å². The molecule has 2 fully saturated rings. The molecule has 3 aliphatic rings. The fourth-order valence-electron chi connectivity index (χ4n) is 4.27. The molecule has 1 aliphatic heterocycles. The number of hydrogen-bond donors (Lipinski definition) is 0. The zero-order valence-electron chi connectivity index (χ0n) is 15.0. The van der Waals surface area contributed by atoms with Crippen molar-refractivity contribution >= 4 is 5.91 Å². The van der Waals surface area contributed by atoms with E-state index in [-0.39, 0.29) is 0 Å². The van der Waals surface area contributed by atoms with Crippen LogP contribution in [0.5, 0.6) is 0 Å². The number of amides is 1. The van der Waals surface area contributed by atoms with E-state index >= 15 is 0 Å². The first-order valence-electron chi connectivity index (χ1n) is 9.85. The van der Waals surface area contributed by atoms with Gasteiger partial charge in [-0.05, 0) is 63.8 Å². The van der Waals surface area contributed by atoms with Gasteiger partial charge in [0.2, 0.25) is 5.91 Å². The third-order valence-corrected chi connectivity index (χ3v) is 5.63. The first-order valence-corrected chi connectivity index (χ1v) is 9.85. The molecule has 136 valence electrons. The molecule has 6 heteroatoms. The molecule has 1 saturated carbocycles. The average Bonchev–Trinajstić information content (AvgIpc) is 3.32. The van der Waals surface area contributed by atoms with E-state index in [1.54, 1.807) is 12.7 Å². The molecule has 0 aromatic carbocycles. The second-order valence-electron chi connectivity index (χ2n) is 7.80. The van der Waals surface area contributed by atoms with Crippen LogP contribution in [0.3, 0.4) is 0 Å². The number of nitrogens with zero attached hydrogens (tertiary/aromatic N) is 5. The Kier molecular flexibility index (Phi) is 5.15. The molecule has 1 atom stereocenters. The summed E-state index contributed by atoms with van der Waals surface area (Å²) in [5, 5.41) is 4.22. The monoisotopic (exact) mass is 343 g/mol. The highest BCUT2D eigenvalue weighted by molar-refractivity contribution is 5.80. The molecule has 1 amide bonds. The van der Waals surface area contributed by atoms with E-state index in [4.69, 9.17) is 0 Å². The quantitative estimate of drug-likeness (QED) is 0.796. The molecule has 2 heterocycles. The van der Waals surface area contributed by atoms with Gasteiger partial charge in [0, 0.05) is 24.8 Å². The molecular formula is C19H29N5O. The number of carbonyl (C=O) groups excluding carboxylic acids is 1. The van der Waals surface area contributed by atoms with Gasteiger partial charge in [-0.2, -0.15) is 5.10 Å². The Morgan fingerprint density at radius 3 is 2.88 bits per heavy atom. The maximum atomic E-state index is 13.0. The van der Waals surface area contributed by atoms with Gasteiger partial charge in [-0.3, -0.25) is 14.4 Å². The zero-order chi connectivity index (χ0) is 17.1. The number of allylic oxidation sites excluding steroid dienone is 2. The highest BCUT2D eigenvalue weighted by Gasteiger charge is 2.36. The summed E-state index contributed by atoms with van der Waals surface area (Å²) in [4.78, 5) is 21.6. The molecule has 1 aromatic heterocycles. The Morgan fingerprint density at radius 1 is 1.24 bits per heavy atom. The third kappa shape index (κ3) is 4.29. The average molecular weight is 343 g/mol. The van der Waals surface area contributed by atoms with Crippen molar-refractivity contribution < 1.29 is 4.79 Å². The highest BCUT2D eigenvalue weighted by Crippen LogP contribution is 2.34. The number of carbonyl (C=O) groups is 1. The number of piperidine rings is 1. The van der Waals surface area contributed by atoms with Gasteiger partial charge in [-0.25, -0.2) is 4.98 Å². The summed E-state index contributed by atoms with van der Waals surface area (Å²) in [5.41, 5.74) is 1.30. The molecule has 1 saturated heterocycles. The normalized spacial score (nSPS) is 24.8. The van der Waals surface area contributed by atoms with Crippen LogP contribution in [0.1, 0.15) is 51.4 Å². The largest absolute Gasteiger partial charge is 0.312 e. The molecule has 1 aromatic rings. The predicted molar refractivity (Wildman–Crippen MR) is 95.6 cm³/mol. The standard InChI is InChI=1S/C19H29N5O/c25-19(24(18-8-9-18)17-6-2-1-3-7-17)13-22-10-4-5-16(11-22)12-23-15-20-14-21-23/h6,14-16,18H,1-5,7-13H2. The van der Waals surface area contributed by atoms with Crippen molar-refractivity contribution in [1.29, 1.82) is 0 Å². The SMILES string of the molecule is O=C(CN1CCCC(Cn2cncn2)C1)N(C1=CCCCC1)C1CC1. The van der Waals surface area contributed by atoms with Gasteiger partial charge in [0.1, 0.15) is 12.7 Å². The van der Waals surface area contributed by atoms with Crippen molar-refractivity contribution in [2.45, 2.75) is 64.0 Å². The number of rotatable bonds is 6.